The predicted molar refractivity (Wildman–Crippen MR) is 62.8 cm³/mol. The van der Waals surface area contributed by atoms with E-state index < -0.39 is 0 Å². The highest BCUT2D eigenvalue weighted by Gasteiger charge is 2.02. The van der Waals surface area contributed by atoms with Gasteiger partial charge in [0.15, 0.2) is 0 Å². The minimum atomic E-state index is 0.607. The zero-order valence-corrected chi connectivity index (χ0v) is 9.78. The minimum absolute atomic E-state index is 0.607. The molecule has 0 spiro atoms. The average Bonchev–Trinajstić information content (AvgIpc) is 2.12. The molecular weight excluding hydrogens is 217 g/mol. The van der Waals surface area contributed by atoms with Gasteiger partial charge in [0.1, 0.15) is 0 Å². The summed E-state index contributed by atoms with van der Waals surface area (Å²) in [6.45, 7) is 5.68. The Morgan fingerprint density at radius 2 is 2.00 bits per heavy atom. The van der Waals surface area contributed by atoms with E-state index in [1.807, 2.05) is 18.2 Å². The highest BCUT2D eigenvalue weighted by Crippen LogP contribution is 2.22. The lowest BCUT2D eigenvalue weighted by Crippen LogP contribution is -2.18. The van der Waals surface area contributed by atoms with E-state index in [0.29, 0.717) is 10.0 Å². The van der Waals surface area contributed by atoms with Gasteiger partial charge in [0.05, 0.1) is 10.0 Å². The van der Waals surface area contributed by atoms with E-state index in [9.17, 15) is 0 Å². The van der Waals surface area contributed by atoms with Crippen molar-refractivity contribution in [2.75, 3.05) is 13.6 Å². The number of rotatable bonds is 4. The topological polar surface area (TPSA) is 3.24 Å². The van der Waals surface area contributed by atoms with E-state index in [-0.39, 0.29) is 0 Å². The Bertz CT molecular complexity index is 299. The first kappa shape index (κ1) is 11.8. The second-order valence-corrected chi connectivity index (χ2v) is 4.15. The average molecular weight is 231 g/mol. The Morgan fingerprint density at radius 1 is 1.29 bits per heavy atom. The van der Waals surface area contributed by atoms with Gasteiger partial charge in [-0.3, -0.25) is 0 Å². The molecular formula is C11H14Cl2N. The maximum absolute atomic E-state index is 5.91. The third kappa shape index (κ3) is 3.49. The van der Waals surface area contributed by atoms with Crippen molar-refractivity contribution in [2.24, 2.45) is 0 Å². The van der Waals surface area contributed by atoms with Crippen molar-refractivity contribution in [3.63, 3.8) is 0 Å². The van der Waals surface area contributed by atoms with Crippen molar-refractivity contribution in [3.05, 3.63) is 40.7 Å². The molecule has 0 atom stereocenters. The van der Waals surface area contributed by atoms with Crippen molar-refractivity contribution >= 4 is 23.2 Å². The van der Waals surface area contributed by atoms with Gasteiger partial charge in [0.25, 0.3) is 0 Å². The van der Waals surface area contributed by atoms with E-state index in [1.165, 1.54) is 5.56 Å². The molecule has 14 heavy (non-hydrogen) atoms. The molecule has 1 radical (unpaired) electrons. The lowest BCUT2D eigenvalue weighted by Gasteiger charge is -2.15. The van der Waals surface area contributed by atoms with Crippen LogP contribution in [0.15, 0.2) is 18.2 Å². The molecule has 0 aromatic heterocycles. The fourth-order valence-electron chi connectivity index (χ4n) is 1.30. The van der Waals surface area contributed by atoms with Gasteiger partial charge in [0, 0.05) is 6.54 Å². The number of hydrogen-bond donors (Lipinski definition) is 0. The Morgan fingerprint density at radius 3 is 2.57 bits per heavy atom. The van der Waals surface area contributed by atoms with Crippen LogP contribution in [-0.2, 0) is 6.54 Å². The largest absolute Gasteiger partial charge is 0.302 e. The lowest BCUT2D eigenvalue weighted by molar-refractivity contribution is 0.333. The van der Waals surface area contributed by atoms with E-state index >= 15 is 0 Å². The fraction of sp³-hybridized carbons (Fsp3) is 0.364. The summed E-state index contributed by atoms with van der Waals surface area (Å²) in [6, 6.07) is 5.73. The van der Waals surface area contributed by atoms with Crippen LogP contribution in [0.2, 0.25) is 10.0 Å². The highest BCUT2D eigenvalue weighted by molar-refractivity contribution is 6.42. The summed E-state index contributed by atoms with van der Waals surface area (Å²) >= 11 is 11.7. The summed E-state index contributed by atoms with van der Waals surface area (Å²) < 4.78 is 0. The summed E-state index contributed by atoms with van der Waals surface area (Å²) in [7, 11) is 2.06. The van der Waals surface area contributed by atoms with Crippen molar-refractivity contribution in [1.82, 2.24) is 4.90 Å². The molecule has 0 unspecified atom stereocenters. The number of benzene rings is 1. The lowest BCUT2D eigenvalue weighted by atomic mass is 10.2. The molecule has 0 aliphatic heterocycles. The molecule has 0 aliphatic carbocycles. The smallest absolute Gasteiger partial charge is 0.0595 e. The summed E-state index contributed by atoms with van der Waals surface area (Å²) in [5.74, 6) is 0. The molecule has 1 aromatic carbocycles. The van der Waals surface area contributed by atoms with Crippen LogP contribution in [0.3, 0.4) is 0 Å². The van der Waals surface area contributed by atoms with Crippen LogP contribution in [0.25, 0.3) is 0 Å². The second-order valence-electron chi connectivity index (χ2n) is 3.34. The molecule has 1 aromatic rings. The van der Waals surface area contributed by atoms with Crippen LogP contribution >= 0.6 is 23.2 Å². The van der Waals surface area contributed by atoms with Crippen LogP contribution < -0.4 is 0 Å². The third-order valence-electron chi connectivity index (χ3n) is 1.98. The molecule has 0 saturated carbocycles. The first-order valence-corrected chi connectivity index (χ1v) is 5.31. The zero-order valence-electron chi connectivity index (χ0n) is 8.26. The van der Waals surface area contributed by atoms with E-state index in [1.54, 1.807) is 0 Å². The molecule has 0 heterocycles. The number of nitrogens with zero attached hydrogens (tertiary/aromatic N) is 1. The predicted octanol–water partition coefficient (Wildman–Crippen LogP) is 3.65. The second kappa shape index (κ2) is 5.59. The first-order valence-electron chi connectivity index (χ1n) is 4.55. The number of hydrogen-bond acceptors (Lipinski definition) is 1. The van der Waals surface area contributed by atoms with Crippen molar-refractivity contribution < 1.29 is 0 Å². The van der Waals surface area contributed by atoms with Crippen molar-refractivity contribution in [1.29, 1.82) is 0 Å². The van der Waals surface area contributed by atoms with Gasteiger partial charge in [0.2, 0.25) is 0 Å². The minimum Gasteiger partial charge on any atom is -0.302 e. The van der Waals surface area contributed by atoms with Gasteiger partial charge in [-0.25, -0.2) is 0 Å². The summed E-state index contributed by atoms with van der Waals surface area (Å²) in [5.41, 5.74) is 1.18. The summed E-state index contributed by atoms with van der Waals surface area (Å²) in [5, 5.41) is 1.22. The van der Waals surface area contributed by atoms with Crippen LogP contribution in [0.4, 0.5) is 0 Å². The van der Waals surface area contributed by atoms with Crippen molar-refractivity contribution in [2.45, 2.75) is 13.0 Å². The first-order chi connectivity index (χ1) is 6.63. The van der Waals surface area contributed by atoms with Gasteiger partial charge in [-0.05, 0) is 37.7 Å². The quantitative estimate of drug-likeness (QED) is 0.764. The van der Waals surface area contributed by atoms with Crippen LogP contribution in [0.1, 0.15) is 12.0 Å². The van der Waals surface area contributed by atoms with Crippen LogP contribution in [-0.4, -0.2) is 18.5 Å². The summed E-state index contributed by atoms with van der Waals surface area (Å²) in [4.78, 5) is 2.20. The molecule has 1 nitrogen and oxygen atoms in total. The van der Waals surface area contributed by atoms with Crippen molar-refractivity contribution in [3.8, 4) is 0 Å². The Labute approximate surface area is 95.6 Å². The Balaban J connectivity index is 2.63. The molecule has 1 rings (SSSR count). The third-order valence-corrected chi connectivity index (χ3v) is 2.72. The Kier molecular flexibility index (Phi) is 4.73. The molecule has 77 valence electrons. The maximum atomic E-state index is 5.91. The standard InChI is InChI=1S/C11H14Cl2N/c1-3-6-14(2)8-9-4-5-10(12)11(13)7-9/h4-5,7H,1,3,6,8H2,2H3. The molecule has 0 aliphatic rings. The SMILES string of the molecule is [CH2]CCN(C)Cc1ccc(Cl)c(Cl)c1. The van der Waals surface area contributed by atoms with Gasteiger partial charge in [-0.15, -0.1) is 0 Å². The van der Waals surface area contributed by atoms with Gasteiger partial charge in [-0.2, -0.15) is 0 Å². The monoisotopic (exact) mass is 230 g/mol. The Hall–Kier alpha value is -0.240. The maximum Gasteiger partial charge on any atom is 0.0595 e. The number of halogens is 2. The molecule has 0 bridgehead atoms. The highest BCUT2D eigenvalue weighted by atomic mass is 35.5. The molecule has 0 fully saturated rings. The molecule has 0 amide bonds. The molecule has 0 saturated heterocycles. The molecule has 3 heteroatoms. The normalized spacial score (nSPS) is 10.9. The van der Waals surface area contributed by atoms with Gasteiger partial charge in [-0.1, -0.05) is 36.2 Å². The zero-order chi connectivity index (χ0) is 10.6. The van der Waals surface area contributed by atoms with E-state index in [4.69, 9.17) is 23.2 Å². The van der Waals surface area contributed by atoms with Gasteiger partial charge >= 0.3 is 0 Å². The van der Waals surface area contributed by atoms with Gasteiger partial charge < -0.3 is 4.90 Å². The van der Waals surface area contributed by atoms with E-state index in [2.05, 4.69) is 18.9 Å². The van der Waals surface area contributed by atoms with Crippen LogP contribution in [0.5, 0.6) is 0 Å². The summed E-state index contributed by atoms with van der Waals surface area (Å²) in [6.07, 6.45) is 0.915. The van der Waals surface area contributed by atoms with Crippen LogP contribution in [0, 0.1) is 6.92 Å². The van der Waals surface area contributed by atoms with E-state index in [0.717, 1.165) is 19.5 Å². The molecule has 0 N–H and O–H groups in total. The fourth-order valence-corrected chi connectivity index (χ4v) is 1.62.